The van der Waals surface area contributed by atoms with Crippen molar-refractivity contribution in [2.24, 2.45) is 0 Å². The van der Waals surface area contributed by atoms with Crippen LogP contribution in [0.1, 0.15) is 53.0 Å². The molecule has 1 aromatic carbocycles. The minimum atomic E-state index is -1.10. The van der Waals surface area contributed by atoms with Gasteiger partial charge in [-0.05, 0) is 75.7 Å². The second-order valence-electron chi connectivity index (χ2n) is 9.52. The maximum absolute atomic E-state index is 13.2. The molecule has 178 valence electrons. The van der Waals surface area contributed by atoms with E-state index in [1.165, 1.54) is 7.11 Å². The fourth-order valence-electron chi connectivity index (χ4n) is 6.10. The fraction of sp³-hybridized carbons (Fsp3) is 0.538. The van der Waals surface area contributed by atoms with E-state index in [1.807, 2.05) is 32.2 Å². The quantitative estimate of drug-likeness (QED) is 0.715. The van der Waals surface area contributed by atoms with Crippen LogP contribution in [-0.2, 0) is 29.5 Å². The highest BCUT2D eigenvalue weighted by Gasteiger charge is 2.60. The van der Waals surface area contributed by atoms with Gasteiger partial charge >= 0.3 is 5.97 Å². The fourth-order valence-corrected chi connectivity index (χ4v) is 6.10. The van der Waals surface area contributed by atoms with Crippen LogP contribution in [0.25, 0.3) is 0 Å². The molecule has 7 heteroatoms. The predicted molar refractivity (Wildman–Crippen MR) is 126 cm³/mol. The van der Waals surface area contributed by atoms with Crippen molar-refractivity contribution < 1.29 is 19.4 Å². The minimum absolute atomic E-state index is 0.0172. The van der Waals surface area contributed by atoms with E-state index in [2.05, 4.69) is 18.7 Å². The van der Waals surface area contributed by atoms with E-state index in [-0.39, 0.29) is 17.2 Å². The van der Waals surface area contributed by atoms with Crippen LogP contribution in [0.4, 0.5) is 0 Å². The van der Waals surface area contributed by atoms with Crippen molar-refractivity contribution in [2.45, 2.75) is 63.6 Å². The Balaban J connectivity index is 2.02. The summed E-state index contributed by atoms with van der Waals surface area (Å²) in [5.74, 6) is 0.102. The van der Waals surface area contributed by atoms with Crippen molar-refractivity contribution >= 4 is 5.97 Å². The van der Waals surface area contributed by atoms with Crippen LogP contribution in [0, 0.1) is 6.92 Å². The van der Waals surface area contributed by atoms with E-state index in [4.69, 9.17) is 9.47 Å². The first-order valence-corrected chi connectivity index (χ1v) is 11.5. The number of methoxy groups -OCH3 is 2. The third kappa shape index (κ3) is 3.32. The van der Waals surface area contributed by atoms with Crippen LogP contribution in [-0.4, -0.2) is 60.0 Å². The first kappa shape index (κ1) is 23.5. The van der Waals surface area contributed by atoms with Gasteiger partial charge in [0.15, 0.2) is 0 Å². The molecule has 0 radical (unpaired) electrons. The van der Waals surface area contributed by atoms with Gasteiger partial charge in [0, 0.05) is 36.5 Å². The van der Waals surface area contributed by atoms with Gasteiger partial charge in [0.05, 0.1) is 19.8 Å². The molecule has 0 bridgehead atoms. The number of piperidine rings is 1. The Bertz CT molecular complexity index is 1160. The lowest BCUT2D eigenvalue weighted by Crippen LogP contribution is -2.70. The van der Waals surface area contributed by atoms with E-state index >= 15 is 0 Å². The molecule has 3 atom stereocenters. The number of pyridine rings is 1. The number of aryl methyl sites for hydroxylation is 1. The molecule has 33 heavy (non-hydrogen) atoms. The van der Waals surface area contributed by atoms with E-state index in [0.29, 0.717) is 19.4 Å². The van der Waals surface area contributed by atoms with Gasteiger partial charge in [-0.15, -0.1) is 0 Å². The van der Waals surface area contributed by atoms with Crippen molar-refractivity contribution in [3.63, 3.8) is 0 Å². The van der Waals surface area contributed by atoms with Gasteiger partial charge in [-0.2, -0.15) is 0 Å². The Hall–Kier alpha value is -2.64. The zero-order chi connectivity index (χ0) is 24.1. The maximum Gasteiger partial charge on any atom is 0.343 e. The van der Waals surface area contributed by atoms with Crippen LogP contribution in [0.3, 0.4) is 0 Å². The number of hydrogen-bond acceptors (Lipinski definition) is 6. The lowest BCUT2D eigenvalue weighted by molar-refractivity contribution is -0.133. The lowest BCUT2D eigenvalue weighted by Gasteiger charge is -2.60. The van der Waals surface area contributed by atoms with Gasteiger partial charge in [0.1, 0.15) is 11.3 Å². The number of esters is 1. The van der Waals surface area contributed by atoms with Crippen molar-refractivity contribution in [1.29, 1.82) is 0 Å². The normalized spacial score (nSPS) is 26.9. The molecule has 0 spiro atoms. The molecule has 2 aromatic rings. The van der Waals surface area contributed by atoms with E-state index in [1.54, 1.807) is 17.7 Å². The summed E-state index contributed by atoms with van der Waals surface area (Å²) in [5, 5.41) is 12.5. The Morgan fingerprint density at radius 1 is 1.24 bits per heavy atom. The van der Waals surface area contributed by atoms with E-state index < -0.39 is 17.0 Å². The highest BCUT2D eigenvalue weighted by molar-refractivity contribution is 5.89. The number of fused-ring (bicyclic) bond motifs is 2. The Morgan fingerprint density at radius 2 is 1.97 bits per heavy atom. The van der Waals surface area contributed by atoms with Crippen LogP contribution in [0.15, 0.2) is 29.1 Å². The highest BCUT2D eigenvalue weighted by Crippen LogP contribution is 2.53. The van der Waals surface area contributed by atoms with Crippen LogP contribution in [0.2, 0.25) is 0 Å². The summed E-state index contributed by atoms with van der Waals surface area (Å²) in [7, 11) is 4.96. The molecule has 1 aromatic heterocycles. The number of benzene rings is 1. The minimum Gasteiger partial charge on any atom is -0.497 e. The second kappa shape index (κ2) is 8.29. The summed E-state index contributed by atoms with van der Waals surface area (Å²) in [5.41, 5.74) is 1.84. The zero-order valence-corrected chi connectivity index (χ0v) is 20.4. The maximum atomic E-state index is 13.2. The zero-order valence-electron chi connectivity index (χ0n) is 20.4. The predicted octanol–water partition coefficient (Wildman–Crippen LogP) is 2.46. The van der Waals surface area contributed by atoms with Gasteiger partial charge < -0.3 is 24.0 Å². The van der Waals surface area contributed by atoms with Gasteiger partial charge in [0.25, 0.3) is 5.56 Å². The number of likely N-dealkylation sites (N-methyl/N-ethyl adjacent to an activating group) is 1. The average Bonchev–Trinajstić information content (AvgIpc) is 2.81. The number of rotatable bonds is 4. The summed E-state index contributed by atoms with van der Waals surface area (Å²) < 4.78 is 12.1. The standard InChI is InChI=1S/C26H34N2O5/c1-7-28-22-15-25(21-13-19(32-5)9-8-16(21)2)10-11-27(4)17(3)26(25,31)14-18(22)12-20(23(28)29)24(30)33-6/h8-9,12-13,17,31H,7,10-11,14-15H2,1-6H3. The molecule has 4 rings (SSSR count). The van der Waals surface area contributed by atoms with Crippen molar-refractivity contribution in [3.05, 3.63) is 62.6 Å². The molecule has 0 saturated carbocycles. The van der Waals surface area contributed by atoms with Crippen molar-refractivity contribution in [2.75, 3.05) is 27.8 Å². The summed E-state index contributed by atoms with van der Waals surface area (Å²) in [4.78, 5) is 27.7. The van der Waals surface area contributed by atoms with Gasteiger partial charge in [-0.1, -0.05) is 6.07 Å². The first-order chi connectivity index (χ1) is 15.6. The van der Waals surface area contributed by atoms with Crippen LogP contribution in [0.5, 0.6) is 5.75 Å². The number of carbonyl (C=O) groups is 1. The monoisotopic (exact) mass is 454 g/mol. The van der Waals surface area contributed by atoms with Crippen LogP contribution >= 0.6 is 0 Å². The molecule has 1 aliphatic carbocycles. The number of ether oxygens (including phenoxy) is 2. The molecule has 1 aliphatic heterocycles. The third-order valence-corrected chi connectivity index (χ3v) is 8.17. The lowest BCUT2D eigenvalue weighted by atomic mass is 9.53. The highest BCUT2D eigenvalue weighted by atomic mass is 16.5. The third-order valence-electron chi connectivity index (χ3n) is 8.17. The number of likely N-dealkylation sites (tertiary alicyclic amines) is 1. The Morgan fingerprint density at radius 3 is 2.61 bits per heavy atom. The smallest absolute Gasteiger partial charge is 0.343 e. The molecular formula is C26H34N2O5. The summed E-state index contributed by atoms with van der Waals surface area (Å²) in [6.07, 6.45) is 1.60. The van der Waals surface area contributed by atoms with Crippen molar-refractivity contribution in [1.82, 2.24) is 9.47 Å². The Kier molecular flexibility index (Phi) is 5.91. The van der Waals surface area contributed by atoms with Gasteiger partial charge in [0.2, 0.25) is 0 Å². The summed E-state index contributed by atoms with van der Waals surface area (Å²) >= 11 is 0. The van der Waals surface area contributed by atoms with Gasteiger partial charge in [-0.3, -0.25) is 4.79 Å². The molecule has 2 heterocycles. The number of aliphatic hydroxyl groups is 1. The molecule has 1 fully saturated rings. The summed E-state index contributed by atoms with van der Waals surface area (Å²) in [6.45, 7) is 7.30. The number of carbonyl (C=O) groups excluding carboxylic acids is 1. The molecule has 0 amide bonds. The largest absolute Gasteiger partial charge is 0.497 e. The second-order valence-corrected chi connectivity index (χ2v) is 9.52. The first-order valence-electron chi connectivity index (χ1n) is 11.5. The number of hydrogen-bond donors (Lipinski definition) is 1. The number of aromatic nitrogens is 1. The number of nitrogens with zero attached hydrogens (tertiary/aromatic N) is 2. The van der Waals surface area contributed by atoms with E-state index in [0.717, 1.165) is 41.1 Å². The Labute approximate surface area is 194 Å². The average molecular weight is 455 g/mol. The SMILES string of the molecule is CCn1c2c(cc(C(=O)OC)c1=O)CC1(O)C(C)N(C)CCC1(c1cc(OC)ccc1C)C2. The molecule has 3 unspecified atom stereocenters. The topological polar surface area (TPSA) is 81.0 Å². The molecule has 1 saturated heterocycles. The van der Waals surface area contributed by atoms with Crippen molar-refractivity contribution in [3.8, 4) is 5.75 Å². The summed E-state index contributed by atoms with van der Waals surface area (Å²) in [6, 6.07) is 7.52. The molecule has 2 aliphatic rings. The molecule has 7 nitrogen and oxygen atoms in total. The van der Waals surface area contributed by atoms with E-state index in [9.17, 15) is 14.7 Å². The molecule has 1 N–H and O–H groups in total. The molecular weight excluding hydrogens is 420 g/mol. The van der Waals surface area contributed by atoms with Crippen LogP contribution < -0.4 is 10.3 Å². The van der Waals surface area contributed by atoms with Gasteiger partial charge in [-0.25, -0.2) is 4.79 Å².